The average molecular weight is 211 g/mol. The van der Waals surface area contributed by atoms with Gasteiger partial charge in [0.25, 0.3) is 0 Å². The van der Waals surface area contributed by atoms with Crippen LogP contribution in [0, 0.1) is 0 Å². The van der Waals surface area contributed by atoms with Gasteiger partial charge in [-0.1, -0.05) is 6.92 Å². The Kier molecular flexibility index (Phi) is 6.54. The Balaban J connectivity index is 0.000000288. The highest BCUT2D eigenvalue weighted by atomic mass is 16.4. The van der Waals surface area contributed by atoms with E-state index in [1.807, 2.05) is 6.92 Å². The molecule has 82 valence electrons. The van der Waals surface area contributed by atoms with Crippen molar-refractivity contribution in [3.8, 4) is 0 Å². The molecule has 0 unspecified atom stereocenters. The molecule has 0 aliphatic heterocycles. The van der Waals surface area contributed by atoms with E-state index >= 15 is 0 Å². The summed E-state index contributed by atoms with van der Waals surface area (Å²) in [7, 11) is 0. The second-order valence-corrected chi connectivity index (χ2v) is 2.69. The van der Waals surface area contributed by atoms with Crippen molar-refractivity contribution in [1.29, 1.82) is 0 Å². The van der Waals surface area contributed by atoms with Gasteiger partial charge in [-0.05, 0) is 18.6 Å². The topological polar surface area (TPSA) is 87.5 Å². The molecule has 0 aliphatic carbocycles. The number of pyridine rings is 1. The van der Waals surface area contributed by atoms with E-state index in [0.717, 1.165) is 6.42 Å². The Hall–Kier alpha value is -1.91. The molecular formula is C10H13NO4. The second kappa shape index (κ2) is 7.49. The van der Waals surface area contributed by atoms with Gasteiger partial charge in [-0.3, -0.25) is 9.78 Å². The molecule has 5 heteroatoms. The number of carboxylic acids is 2. The van der Waals surface area contributed by atoms with Crippen molar-refractivity contribution in [2.24, 2.45) is 0 Å². The van der Waals surface area contributed by atoms with Gasteiger partial charge in [0.05, 0.1) is 5.56 Å². The van der Waals surface area contributed by atoms with Crippen molar-refractivity contribution >= 4 is 11.9 Å². The van der Waals surface area contributed by atoms with E-state index in [-0.39, 0.29) is 5.56 Å². The maximum Gasteiger partial charge on any atom is 0.337 e. The predicted molar refractivity (Wildman–Crippen MR) is 53.7 cm³/mol. The number of carboxylic acid groups (broad SMARTS) is 2. The van der Waals surface area contributed by atoms with Crippen LogP contribution in [0.5, 0.6) is 0 Å². The molecule has 0 saturated carbocycles. The first kappa shape index (κ1) is 13.1. The van der Waals surface area contributed by atoms with Crippen molar-refractivity contribution in [3.63, 3.8) is 0 Å². The van der Waals surface area contributed by atoms with Crippen LogP contribution in [-0.2, 0) is 4.79 Å². The first-order valence-electron chi connectivity index (χ1n) is 4.43. The summed E-state index contributed by atoms with van der Waals surface area (Å²) >= 11 is 0. The summed E-state index contributed by atoms with van der Waals surface area (Å²) in [6.07, 6.45) is 3.87. The van der Waals surface area contributed by atoms with Crippen molar-refractivity contribution in [2.45, 2.75) is 19.8 Å². The van der Waals surface area contributed by atoms with Crippen LogP contribution < -0.4 is 0 Å². The number of carbonyl (C=O) groups is 2. The molecule has 0 fully saturated rings. The largest absolute Gasteiger partial charge is 0.481 e. The van der Waals surface area contributed by atoms with Crippen LogP contribution in [0.2, 0.25) is 0 Å². The molecule has 0 atom stereocenters. The summed E-state index contributed by atoms with van der Waals surface area (Å²) in [4.78, 5) is 23.4. The smallest absolute Gasteiger partial charge is 0.337 e. The normalized spacial score (nSPS) is 8.60. The van der Waals surface area contributed by atoms with Gasteiger partial charge in [-0.2, -0.15) is 0 Å². The minimum Gasteiger partial charge on any atom is -0.481 e. The Morgan fingerprint density at radius 3 is 2.27 bits per heavy atom. The minimum absolute atomic E-state index is 0.220. The maximum absolute atomic E-state index is 10.2. The zero-order chi connectivity index (χ0) is 11.7. The molecule has 5 nitrogen and oxygen atoms in total. The third kappa shape index (κ3) is 7.18. The molecule has 0 spiro atoms. The third-order valence-electron chi connectivity index (χ3n) is 1.37. The van der Waals surface area contributed by atoms with Crippen molar-refractivity contribution in [2.75, 3.05) is 0 Å². The molecular weight excluding hydrogens is 198 g/mol. The molecule has 0 saturated heterocycles. The van der Waals surface area contributed by atoms with E-state index in [0.29, 0.717) is 6.42 Å². The quantitative estimate of drug-likeness (QED) is 0.793. The molecule has 0 amide bonds. The highest BCUT2D eigenvalue weighted by Gasteiger charge is 1.97. The first-order chi connectivity index (χ1) is 7.07. The molecule has 0 aromatic carbocycles. The van der Waals surface area contributed by atoms with Crippen LogP contribution in [0.3, 0.4) is 0 Å². The van der Waals surface area contributed by atoms with E-state index in [1.165, 1.54) is 18.5 Å². The molecule has 15 heavy (non-hydrogen) atoms. The zero-order valence-corrected chi connectivity index (χ0v) is 8.38. The molecule has 0 radical (unpaired) electrons. The lowest BCUT2D eigenvalue weighted by Gasteiger charge is -1.87. The van der Waals surface area contributed by atoms with Gasteiger partial charge in [0.15, 0.2) is 0 Å². The van der Waals surface area contributed by atoms with E-state index in [9.17, 15) is 9.59 Å². The standard InChI is InChI=1S/C6H5NO2.C4H8O2/c8-6(9)5-2-1-3-7-4-5;1-2-3-4(5)6/h1-4H,(H,8,9);2-3H2,1H3,(H,5,6). The SMILES string of the molecule is CCCC(=O)O.O=C(O)c1cccnc1. The highest BCUT2D eigenvalue weighted by Crippen LogP contribution is 1.92. The number of hydrogen-bond acceptors (Lipinski definition) is 3. The van der Waals surface area contributed by atoms with Crippen LogP contribution in [0.25, 0.3) is 0 Å². The summed E-state index contributed by atoms with van der Waals surface area (Å²) in [5.74, 6) is -1.65. The van der Waals surface area contributed by atoms with Gasteiger partial charge >= 0.3 is 11.9 Å². The lowest BCUT2D eigenvalue weighted by Crippen LogP contribution is -1.94. The molecule has 2 N–H and O–H groups in total. The van der Waals surface area contributed by atoms with E-state index < -0.39 is 11.9 Å². The number of aliphatic carboxylic acids is 1. The first-order valence-corrected chi connectivity index (χ1v) is 4.43. The van der Waals surface area contributed by atoms with E-state index in [1.54, 1.807) is 6.07 Å². The summed E-state index contributed by atoms with van der Waals surface area (Å²) in [6, 6.07) is 3.08. The van der Waals surface area contributed by atoms with E-state index in [4.69, 9.17) is 10.2 Å². The van der Waals surface area contributed by atoms with Gasteiger partial charge in [-0.25, -0.2) is 4.79 Å². The van der Waals surface area contributed by atoms with Gasteiger partial charge in [0.1, 0.15) is 0 Å². The fourth-order valence-electron chi connectivity index (χ4n) is 0.703. The van der Waals surface area contributed by atoms with Crippen LogP contribution in [0.1, 0.15) is 30.1 Å². The third-order valence-corrected chi connectivity index (χ3v) is 1.37. The van der Waals surface area contributed by atoms with Crippen LogP contribution in [-0.4, -0.2) is 27.1 Å². The van der Waals surface area contributed by atoms with Gasteiger partial charge in [0, 0.05) is 18.8 Å². The molecule has 1 aromatic rings. The Morgan fingerprint density at radius 2 is 2.07 bits per heavy atom. The summed E-state index contributed by atoms with van der Waals surface area (Å²) in [5, 5.41) is 16.3. The number of nitrogens with zero attached hydrogens (tertiary/aromatic N) is 1. The summed E-state index contributed by atoms with van der Waals surface area (Å²) in [6.45, 7) is 1.84. The number of aromatic carboxylic acids is 1. The van der Waals surface area contributed by atoms with Crippen molar-refractivity contribution in [3.05, 3.63) is 30.1 Å². The summed E-state index contributed by atoms with van der Waals surface area (Å²) in [5.41, 5.74) is 0.220. The van der Waals surface area contributed by atoms with Crippen LogP contribution in [0.4, 0.5) is 0 Å². The van der Waals surface area contributed by atoms with Crippen LogP contribution >= 0.6 is 0 Å². The van der Waals surface area contributed by atoms with Gasteiger partial charge in [-0.15, -0.1) is 0 Å². The molecule has 1 rings (SSSR count). The average Bonchev–Trinajstić information content (AvgIpc) is 2.20. The monoisotopic (exact) mass is 211 g/mol. The van der Waals surface area contributed by atoms with E-state index in [2.05, 4.69) is 4.98 Å². The number of rotatable bonds is 3. The Morgan fingerprint density at radius 1 is 1.40 bits per heavy atom. The Labute approximate surface area is 87.4 Å². The molecule has 1 aromatic heterocycles. The lowest BCUT2D eigenvalue weighted by molar-refractivity contribution is -0.137. The lowest BCUT2D eigenvalue weighted by atomic mass is 10.3. The fraction of sp³-hybridized carbons (Fsp3) is 0.300. The van der Waals surface area contributed by atoms with Crippen molar-refractivity contribution in [1.82, 2.24) is 4.98 Å². The number of hydrogen-bond donors (Lipinski definition) is 2. The maximum atomic E-state index is 10.2. The molecule has 0 bridgehead atoms. The second-order valence-electron chi connectivity index (χ2n) is 2.69. The van der Waals surface area contributed by atoms with Crippen molar-refractivity contribution < 1.29 is 19.8 Å². The number of aromatic nitrogens is 1. The Bertz CT molecular complexity index is 310. The minimum atomic E-state index is -0.942. The predicted octanol–water partition coefficient (Wildman–Crippen LogP) is 1.65. The summed E-state index contributed by atoms with van der Waals surface area (Å²) < 4.78 is 0. The van der Waals surface area contributed by atoms with Gasteiger partial charge < -0.3 is 10.2 Å². The van der Waals surface area contributed by atoms with Crippen LogP contribution in [0.15, 0.2) is 24.5 Å². The molecule has 1 heterocycles. The fourth-order valence-corrected chi connectivity index (χ4v) is 0.703. The highest BCUT2D eigenvalue weighted by molar-refractivity contribution is 5.86. The zero-order valence-electron chi connectivity index (χ0n) is 8.38. The molecule has 0 aliphatic rings. The van der Waals surface area contributed by atoms with Gasteiger partial charge in [0.2, 0.25) is 0 Å².